The molecule has 0 spiro atoms. The van der Waals surface area contributed by atoms with Crippen molar-refractivity contribution < 1.29 is 14.6 Å². The van der Waals surface area contributed by atoms with E-state index >= 15 is 0 Å². The van der Waals surface area contributed by atoms with Crippen LogP contribution in [0.3, 0.4) is 0 Å². The molecule has 1 aromatic rings. The molecule has 0 aromatic heterocycles. The van der Waals surface area contributed by atoms with E-state index in [4.69, 9.17) is 9.84 Å². The maximum atomic E-state index is 10.9. The summed E-state index contributed by atoms with van der Waals surface area (Å²) in [5.41, 5.74) is 1.51. The highest BCUT2D eigenvalue weighted by molar-refractivity contribution is 5.64. The van der Waals surface area contributed by atoms with Crippen molar-refractivity contribution in [2.75, 3.05) is 0 Å². The third-order valence-electron chi connectivity index (χ3n) is 2.82. The fraction of sp³-hybridized carbons (Fsp3) is 0.533. The van der Waals surface area contributed by atoms with Gasteiger partial charge in [-0.3, -0.25) is 0 Å². The first-order valence-electron chi connectivity index (χ1n) is 6.08. The lowest BCUT2D eigenvalue weighted by atomic mass is 9.79. The number of carbonyl (C=O) groups is 1. The highest BCUT2D eigenvalue weighted by atomic mass is 16.7. The van der Waals surface area contributed by atoms with E-state index in [1.54, 1.807) is 0 Å². The second-order valence-corrected chi connectivity index (χ2v) is 6.55. The van der Waals surface area contributed by atoms with E-state index in [9.17, 15) is 4.79 Å². The van der Waals surface area contributed by atoms with Crippen molar-refractivity contribution in [2.45, 2.75) is 52.4 Å². The summed E-state index contributed by atoms with van der Waals surface area (Å²) in [6, 6.07) is 5.80. The Kier molecular flexibility index (Phi) is 3.75. The van der Waals surface area contributed by atoms with E-state index in [-0.39, 0.29) is 10.8 Å². The first-order chi connectivity index (χ1) is 8.03. The van der Waals surface area contributed by atoms with Crippen molar-refractivity contribution >= 4 is 6.16 Å². The molecule has 18 heavy (non-hydrogen) atoms. The van der Waals surface area contributed by atoms with Crippen LogP contribution in [0, 0.1) is 0 Å². The topological polar surface area (TPSA) is 46.5 Å². The fourth-order valence-electron chi connectivity index (χ4n) is 1.92. The van der Waals surface area contributed by atoms with Gasteiger partial charge in [0.2, 0.25) is 0 Å². The molecule has 0 atom stereocenters. The summed E-state index contributed by atoms with van der Waals surface area (Å²) in [6.07, 6.45) is -1.27. The normalized spacial score (nSPS) is 12.3. The Morgan fingerprint density at radius 1 is 1.00 bits per heavy atom. The SMILES string of the molecule is CC(C)(C)c1cccc(C(C)(C)C)c1OC(=O)O. The maximum Gasteiger partial charge on any atom is 0.511 e. The van der Waals surface area contributed by atoms with Gasteiger partial charge in [0.15, 0.2) is 0 Å². The minimum Gasteiger partial charge on any atom is -0.449 e. The van der Waals surface area contributed by atoms with Crippen LogP contribution < -0.4 is 4.74 Å². The van der Waals surface area contributed by atoms with Crippen LogP contribution in [-0.4, -0.2) is 11.3 Å². The van der Waals surface area contributed by atoms with Gasteiger partial charge in [-0.1, -0.05) is 59.7 Å². The van der Waals surface area contributed by atoms with Crippen molar-refractivity contribution in [1.29, 1.82) is 0 Å². The lowest BCUT2D eigenvalue weighted by Crippen LogP contribution is -2.21. The first kappa shape index (κ1) is 14.6. The van der Waals surface area contributed by atoms with Gasteiger partial charge in [-0.2, -0.15) is 0 Å². The van der Waals surface area contributed by atoms with Gasteiger partial charge in [-0.25, -0.2) is 4.79 Å². The zero-order chi connectivity index (χ0) is 14.1. The molecule has 0 fully saturated rings. The third kappa shape index (κ3) is 3.25. The number of benzene rings is 1. The van der Waals surface area contributed by atoms with E-state index < -0.39 is 6.16 Å². The van der Waals surface area contributed by atoms with E-state index in [2.05, 4.69) is 0 Å². The summed E-state index contributed by atoms with van der Waals surface area (Å²) >= 11 is 0. The second-order valence-electron chi connectivity index (χ2n) is 6.55. The molecule has 3 heteroatoms. The zero-order valence-electron chi connectivity index (χ0n) is 12.0. The smallest absolute Gasteiger partial charge is 0.449 e. The van der Waals surface area contributed by atoms with E-state index in [1.165, 1.54) is 0 Å². The molecule has 0 saturated carbocycles. The molecule has 1 aromatic carbocycles. The third-order valence-corrected chi connectivity index (χ3v) is 2.82. The van der Waals surface area contributed by atoms with Crippen LogP contribution in [0.5, 0.6) is 5.75 Å². The first-order valence-corrected chi connectivity index (χ1v) is 6.08. The Morgan fingerprint density at radius 2 is 1.39 bits per heavy atom. The van der Waals surface area contributed by atoms with Crippen LogP contribution in [-0.2, 0) is 10.8 Å². The Balaban J connectivity index is 3.50. The molecule has 0 heterocycles. The molecule has 1 N–H and O–H groups in total. The van der Waals surface area contributed by atoms with Gasteiger partial charge < -0.3 is 9.84 Å². The molecule has 0 aliphatic heterocycles. The highest BCUT2D eigenvalue weighted by Crippen LogP contribution is 2.39. The summed E-state index contributed by atoms with van der Waals surface area (Å²) in [5, 5.41) is 8.93. The second kappa shape index (κ2) is 4.63. The Morgan fingerprint density at radius 3 is 1.67 bits per heavy atom. The molecule has 100 valence electrons. The van der Waals surface area contributed by atoms with Gasteiger partial charge in [0.1, 0.15) is 5.75 Å². The van der Waals surface area contributed by atoms with Gasteiger partial charge in [0.25, 0.3) is 0 Å². The van der Waals surface area contributed by atoms with Crippen molar-refractivity contribution in [2.24, 2.45) is 0 Å². The van der Waals surface area contributed by atoms with E-state index in [0.29, 0.717) is 5.75 Å². The summed E-state index contributed by atoms with van der Waals surface area (Å²) < 4.78 is 5.05. The minimum absolute atomic E-state index is 0.161. The molecule has 0 amide bonds. The molecule has 0 aliphatic rings. The lowest BCUT2D eigenvalue weighted by Gasteiger charge is -2.28. The predicted molar refractivity (Wildman–Crippen MR) is 72.5 cm³/mol. The molecular weight excluding hydrogens is 228 g/mol. The van der Waals surface area contributed by atoms with Crippen molar-refractivity contribution in [3.63, 3.8) is 0 Å². The molecule has 0 radical (unpaired) electrons. The molecular formula is C15H22O3. The number of hydrogen-bond donors (Lipinski definition) is 1. The predicted octanol–water partition coefficient (Wildman–Crippen LogP) is 4.34. The largest absolute Gasteiger partial charge is 0.511 e. The number of rotatable bonds is 1. The van der Waals surface area contributed by atoms with Crippen LogP contribution in [0.15, 0.2) is 18.2 Å². The minimum atomic E-state index is -1.27. The quantitative estimate of drug-likeness (QED) is 0.595. The zero-order valence-corrected chi connectivity index (χ0v) is 12.0. The van der Waals surface area contributed by atoms with Crippen LogP contribution in [0.2, 0.25) is 0 Å². The Hall–Kier alpha value is -1.51. The Labute approximate surface area is 109 Å². The maximum absolute atomic E-state index is 10.9. The van der Waals surface area contributed by atoms with Crippen LogP contribution in [0.4, 0.5) is 4.79 Å². The molecule has 0 aliphatic carbocycles. The fourth-order valence-corrected chi connectivity index (χ4v) is 1.92. The van der Waals surface area contributed by atoms with Gasteiger partial charge in [0.05, 0.1) is 0 Å². The van der Waals surface area contributed by atoms with E-state index in [1.807, 2.05) is 59.7 Å². The summed E-state index contributed by atoms with van der Waals surface area (Å²) in [7, 11) is 0. The summed E-state index contributed by atoms with van der Waals surface area (Å²) in [4.78, 5) is 10.9. The van der Waals surface area contributed by atoms with Gasteiger partial charge in [-0.15, -0.1) is 0 Å². The number of hydrogen-bond acceptors (Lipinski definition) is 2. The average Bonchev–Trinajstić information content (AvgIpc) is 2.13. The summed E-state index contributed by atoms with van der Waals surface area (Å²) in [6.45, 7) is 12.3. The van der Waals surface area contributed by atoms with Crippen LogP contribution in [0.1, 0.15) is 52.7 Å². The molecule has 1 rings (SSSR count). The van der Waals surface area contributed by atoms with Crippen LogP contribution >= 0.6 is 0 Å². The number of para-hydroxylation sites is 1. The highest BCUT2D eigenvalue weighted by Gasteiger charge is 2.27. The molecule has 0 bridgehead atoms. The van der Waals surface area contributed by atoms with Crippen molar-refractivity contribution in [3.05, 3.63) is 29.3 Å². The Bertz CT molecular complexity index is 416. The number of ether oxygens (including phenoxy) is 1. The molecule has 3 nitrogen and oxygen atoms in total. The van der Waals surface area contributed by atoms with Crippen molar-refractivity contribution in [1.82, 2.24) is 0 Å². The van der Waals surface area contributed by atoms with E-state index in [0.717, 1.165) is 11.1 Å². The van der Waals surface area contributed by atoms with Crippen molar-refractivity contribution in [3.8, 4) is 5.75 Å². The monoisotopic (exact) mass is 250 g/mol. The van der Waals surface area contributed by atoms with Gasteiger partial charge >= 0.3 is 6.16 Å². The van der Waals surface area contributed by atoms with Crippen LogP contribution in [0.25, 0.3) is 0 Å². The van der Waals surface area contributed by atoms with Gasteiger partial charge in [-0.05, 0) is 10.8 Å². The average molecular weight is 250 g/mol. The molecule has 0 saturated heterocycles. The lowest BCUT2D eigenvalue weighted by molar-refractivity contribution is 0.142. The standard InChI is InChI=1S/C15H22O3/c1-14(2,3)10-8-7-9-11(15(4,5)6)12(10)18-13(16)17/h7-9H,1-6H3,(H,16,17). The summed E-state index contributed by atoms with van der Waals surface area (Å²) in [5.74, 6) is 0.477. The number of carboxylic acid groups (broad SMARTS) is 1. The van der Waals surface area contributed by atoms with Gasteiger partial charge in [0, 0.05) is 11.1 Å². The molecule has 0 unspecified atom stereocenters.